The molecule has 146 valence electrons. The van der Waals surface area contributed by atoms with E-state index >= 15 is 0 Å². The van der Waals surface area contributed by atoms with Crippen LogP contribution in [-0.4, -0.2) is 27.6 Å². The summed E-state index contributed by atoms with van der Waals surface area (Å²) >= 11 is 0. The number of primary amides is 1. The molecule has 0 bridgehead atoms. The predicted octanol–water partition coefficient (Wildman–Crippen LogP) is 2.32. The molecule has 27 heavy (non-hydrogen) atoms. The summed E-state index contributed by atoms with van der Waals surface area (Å²) in [5.41, 5.74) is 12.5. The fourth-order valence-electron chi connectivity index (χ4n) is 3.54. The third-order valence-electron chi connectivity index (χ3n) is 5.83. The van der Waals surface area contributed by atoms with Crippen LogP contribution in [0, 0.1) is 11.3 Å². The number of nitrogens with two attached hydrogens (primary N) is 2. The number of hydrogen-bond donors (Lipinski definition) is 3. The second-order valence-electron chi connectivity index (χ2n) is 7.74. The molecule has 0 radical (unpaired) electrons. The molecule has 2 aliphatic carbocycles. The second kappa shape index (κ2) is 7.21. The van der Waals surface area contributed by atoms with Gasteiger partial charge in [-0.15, -0.1) is 0 Å². The molecular formula is C20H29N5O2. The van der Waals surface area contributed by atoms with Crippen molar-refractivity contribution in [2.75, 3.05) is 5.73 Å². The van der Waals surface area contributed by atoms with Crippen LogP contribution >= 0.6 is 0 Å². The monoisotopic (exact) mass is 371 g/mol. The third kappa shape index (κ3) is 3.50. The molecule has 0 aliphatic heterocycles. The largest absolute Gasteiger partial charge is 0.383 e. The van der Waals surface area contributed by atoms with E-state index in [-0.39, 0.29) is 17.8 Å². The molecule has 1 aromatic heterocycles. The van der Waals surface area contributed by atoms with E-state index in [0.717, 1.165) is 25.7 Å². The molecule has 0 spiro atoms. The van der Waals surface area contributed by atoms with Crippen molar-refractivity contribution < 1.29 is 9.59 Å². The smallest absolute Gasteiger partial charge is 0.256 e. The SMILES string of the molecule is CCC(CC)NC(=O)c1cnn(C2C=C(C3CC3)C=CC2(C)C(N)=O)c1N. The Labute approximate surface area is 159 Å². The summed E-state index contributed by atoms with van der Waals surface area (Å²) in [5.74, 6) is 0.0759. The highest BCUT2D eigenvalue weighted by molar-refractivity contribution is 5.98. The first-order chi connectivity index (χ1) is 12.8. The van der Waals surface area contributed by atoms with Crippen molar-refractivity contribution in [1.82, 2.24) is 15.1 Å². The van der Waals surface area contributed by atoms with Crippen molar-refractivity contribution in [3.63, 3.8) is 0 Å². The molecule has 5 N–H and O–H groups in total. The summed E-state index contributed by atoms with van der Waals surface area (Å²) in [6.07, 6.45) is 11.3. The van der Waals surface area contributed by atoms with Crippen molar-refractivity contribution in [2.45, 2.75) is 58.5 Å². The predicted molar refractivity (Wildman–Crippen MR) is 105 cm³/mol. The van der Waals surface area contributed by atoms with Gasteiger partial charge in [0.2, 0.25) is 5.91 Å². The zero-order chi connectivity index (χ0) is 19.8. The maximum atomic E-state index is 12.6. The highest BCUT2D eigenvalue weighted by Gasteiger charge is 2.43. The summed E-state index contributed by atoms with van der Waals surface area (Å²) in [7, 11) is 0. The molecule has 1 fully saturated rings. The molecule has 2 aliphatic rings. The number of carbonyl (C=O) groups is 2. The Morgan fingerprint density at radius 1 is 1.37 bits per heavy atom. The molecule has 1 heterocycles. The van der Waals surface area contributed by atoms with Gasteiger partial charge in [0.25, 0.3) is 5.91 Å². The number of rotatable bonds is 7. The maximum Gasteiger partial charge on any atom is 0.256 e. The van der Waals surface area contributed by atoms with Crippen molar-refractivity contribution in [3.05, 3.63) is 35.6 Å². The standard InChI is InChI=1S/C20H29N5O2/c1-4-14(5-2)24-18(26)15-11-23-25(17(15)21)16-10-13(12-6-7-12)8-9-20(16,3)19(22)27/h8-12,14,16H,4-7,21H2,1-3H3,(H2,22,27)(H,24,26). The number of allylic oxidation sites excluding steroid dienone is 3. The van der Waals surface area contributed by atoms with E-state index in [1.54, 1.807) is 11.6 Å². The first-order valence-corrected chi connectivity index (χ1v) is 9.66. The van der Waals surface area contributed by atoms with Crippen LogP contribution in [0.1, 0.15) is 62.9 Å². The van der Waals surface area contributed by atoms with Crippen LogP contribution in [0.3, 0.4) is 0 Å². The van der Waals surface area contributed by atoms with Gasteiger partial charge in [-0.2, -0.15) is 5.10 Å². The Kier molecular flexibility index (Phi) is 5.13. The number of nitrogens with zero attached hydrogens (tertiary/aromatic N) is 2. The Hall–Kier alpha value is -2.57. The lowest BCUT2D eigenvalue weighted by atomic mass is 9.76. The molecule has 2 amide bonds. The van der Waals surface area contributed by atoms with E-state index in [1.807, 2.05) is 32.1 Å². The maximum absolute atomic E-state index is 12.6. The average molecular weight is 371 g/mol. The molecular weight excluding hydrogens is 342 g/mol. The number of amides is 2. The fraction of sp³-hybridized carbons (Fsp3) is 0.550. The van der Waals surface area contributed by atoms with Crippen LogP contribution in [0.15, 0.2) is 30.0 Å². The van der Waals surface area contributed by atoms with Gasteiger partial charge in [-0.3, -0.25) is 9.59 Å². The summed E-state index contributed by atoms with van der Waals surface area (Å²) in [6, 6.07) is -0.361. The summed E-state index contributed by atoms with van der Waals surface area (Å²) in [4.78, 5) is 24.8. The van der Waals surface area contributed by atoms with Gasteiger partial charge in [-0.1, -0.05) is 32.1 Å². The minimum Gasteiger partial charge on any atom is -0.383 e. The van der Waals surface area contributed by atoms with E-state index in [2.05, 4.69) is 10.4 Å². The zero-order valence-electron chi connectivity index (χ0n) is 16.2. The van der Waals surface area contributed by atoms with Crippen LogP contribution in [0.2, 0.25) is 0 Å². The topological polar surface area (TPSA) is 116 Å². The number of nitrogens with one attached hydrogen (secondary N) is 1. The molecule has 2 atom stereocenters. The van der Waals surface area contributed by atoms with E-state index < -0.39 is 17.4 Å². The van der Waals surface area contributed by atoms with Gasteiger partial charge < -0.3 is 16.8 Å². The number of anilines is 1. The van der Waals surface area contributed by atoms with Gasteiger partial charge in [-0.05, 0) is 44.1 Å². The molecule has 0 aromatic carbocycles. The van der Waals surface area contributed by atoms with Gasteiger partial charge in [0.15, 0.2) is 0 Å². The molecule has 1 aromatic rings. The highest BCUT2D eigenvalue weighted by atomic mass is 16.2. The summed E-state index contributed by atoms with van der Waals surface area (Å²) < 4.78 is 1.55. The van der Waals surface area contributed by atoms with E-state index in [4.69, 9.17) is 11.5 Å². The Morgan fingerprint density at radius 3 is 2.59 bits per heavy atom. The Morgan fingerprint density at radius 2 is 2.04 bits per heavy atom. The van der Waals surface area contributed by atoms with Gasteiger partial charge >= 0.3 is 0 Å². The van der Waals surface area contributed by atoms with Crippen molar-refractivity contribution in [3.8, 4) is 0 Å². The number of aromatic nitrogens is 2. The zero-order valence-corrected chi connectivity index (χ0v) is 16.2. The Balaban J connectivity index is 1.94. The van der Waals surface area contributed by atoms with E-state index in [9.17, 15) is 9.59 Å². The van der Waals surface area contributed by atoms with Crippen LogP contribution in [0.4, 0.5) is 5.82 Å². The molecule has 2 unspecified atom stereocenters. The van der Waals surface area contributed by atoms with Crippen molar-refractivity contribution in [1.29, 1.82) is 0 Å². The molecule has 7 nitrogen and oxygen atoms in total. The van der Waals surface area contributed by atoms with Crippen molar-refractivity contribution in [2.24, 2.45) is 17.1 Å². The number of carbonyl (C=O) groups excluding carboxylic acids is 2. The minimum atomic E-state index is -0.957. The average Bonchev–Trinajstić information content (AvgIpc) is 3.42. The normalized spacial score (nSPS) is 24.7. The van der Waals surface area contributed by atoms with Gasteiger partial charge in [-0.25, -0.2) is 4.68 Å². The van der Waals surface area contributed by atoms with Gasteiger partial charge in [0.1, 0.15) is 11.4 Å². The molecule has 3 rings (SSSR count). The van der Waals surface area contributed by atoms with Gasteiger partial charge in [0, 0.05) is 6.04 Å². The van der Waals surface area contributed by atoms with Crippen LogP contribution < -0.4 is 16.8 Å². The van der Waals surface area contributed by atoms with Crippen LogP contribution in [-0.2, 0) is 4.79 Å². The number of nitrogen functional groups attached to an aromatic ring is 1. The van der Waals surface area contributed by atoms with Crippen LogP contribution in [0.5, 0.6) is 0 Å². The van der Waals surface area contributed by atoms with Gasteiger partial charge in [0.05, 0.1) is 17.7 Å². The van der Waals surface area contributed by atoms with E-state index in [0.29, 0.717) is 11.5 Å². The van der Waals surface area contributed by atoms with Crippen molar-refractivity contribution >= 4 is 17.6 Å². The quantitative estimate of drug-likeness (QED) is 0.682. The third-order valence-corrected chi connectivity index (χ3v) is 5.83. The fourth-order valence-corrected chi connectivity index (χ4v) is 3.54. The lowest BCUT2D eigenvalue weighted by Gasteiger charge is -2.34. The van der Waals surface area contributed by atoms with Crippen LogP contribution in [0.25, 0.3) is 0 Å². The lowest BCUT2D eigenvalue weighted by Crippen LogP contribution is -2.42. The molecule has 7 heteroatoms. The minimum absolute atomic E-state index is 0.0927. The lowest BCUT2D eigenvalue weighted by molar-refractivity contribution is -0.126. The van der Waals surface area contributed by atoms with E-state index in [1.165, 1.54) is 11.8 Å². The Bertz CT molecular complexity index is 801. The summed E-state index contributed by atoms with van der Waals surface area (Å²) in [6.45, 7) is 5.83. The first kappa shape index (κ1) is 19.2. The number of hydrogen-bond acceptors (Lipinski definition) is 4. The second-order valence-corrected chi connectivity index (χ2v) is 7.74. The first-order valence-electron chi connectivity index (χ1n) is 9.66. The highest BCUT2D eigenvalue weighted by Crippen LogP contribution is 2.46. The molecule has 1 saturated carbocycles. The molecule has 0 saturated heterocycles. The summed E-state index contributed by atoms with van der Waals surface area (Å²) in [5, 5.41) is 7.33.